The zero-order valence-corrected chi connectivity index (χ0v) is 8.02. The third-order valence-corrected chi connectivity index (χ3v) is 2.79. The first-order chi connectivity index (χ1) is 6.38. The van der Waals surface area contributed by atoms with Crippen LogP contribution in [0.4, 0.5) is 0 Å². The Balaban J connectivity index is 2.59. The lowest BCUT2D eigenvalue weighted by molar-refractivity contribution is 0.401. The lowest BCUT2D eigenvalue weighted by Crippen LogP contribution is -2.15. The van der Waals surface area contributed by atoms with Gasteiger partial charge < -0.3 is 0 Å². The van der Waals surface area contributed by atoms with Gasteiger partial charge in [0, 0.05) is 11.0 Å². The van der Waals surface area contributed by atoms with Crippen molar-refractivity contribution in [3.63, 3.8) is 0 Å². The van der Waals surface area contributed by atoms with Gasteiger partial charge in [0.1, 0.15) is 0 Å². The van der Waals surface area contributed by atoms with Crippen LogP contribution in [0.2, 0.25) is 0 Å². The van der Waals surface area contributed by atoms with Gasteiger partial charge in [0.25, 0.3) is 0 Å². The number of azide groups is 1. The minimum absolute atomic E-state index is 0.213. The number of hydrogen-bond donors (Lipinski definition) is 0. The molecule has 0 saturated heterocycles. The highest BCUT2D eigenvalue weighted by molar-refractivity contribution is 4.84. The lowest BCUT2D eigenvalue weighted by atomic mass is 9.92. The van der Waals surface area contributed by atoms with Gasteiger partial charge >= 0.3 is 0 Å². The molecule has 1 rings (SSSR count). The monoisotopic (exact) mass is 179 g/mol. The summed E-state index contributed by atoms with van der Waals surface area (Å²) in [7, 11) is 0. The van der Waals surface area contributed by atoms with Crippen LogP contribution in [0.25, 0.3) is 10.4 Å². The first-order valence-corrected chi connectivity index (χ1v) is 5.03. The molecule has 1 aliphatic rings. The van der Waals surface area contributed by atoms with Crippen molar-refractivity contribution >= 4 is 0 Å². The second kappa shape index (κ2) is 5.65. The minimum atomic E-state index is 0.213. The van der Waals surface area contributed by atoms with Crippen LogP contribution in [0.3, 0.4) is 0 Å². The fourth-order valence-electron chi connectivity index (χ4n) is 2.07. The van der Waals surface area contributed by atoms with Crippen LogP contribution in [0.15, 0.2) is 17.8 Å². The van der Waals surface area contributed by atoms with Crippen molar-refractivity contribution in [3.8, 4) is 0 Å². The van der Waals surface area contributed by atoms with E-state index in [1.54, 1.807) is 0 Å². The summed E-state index contributed by atoms with van der Waals surface area (Å²) in [6, 6.07) is 0.213. The van der Waals surface area contributed by atoms with E-state index in [1.165, 1.54) is 25.7 Å². The molecule has 0 N–H and O–H groups in total. The molecule has 0 unspecified atom stereocenters. The van der Waals surface area contributed by atoms with E-state index in [4.69, 9.17) is 5.53 Å². The summed E-state index contributed by atoms with van der Waals surface area (Å²) in [4.78, 5) is 2.92. The molecule has 0 aromatic heterocycles. The van der Waals surface area contributed by atoms with Gasteiger partial charge in [-0.25, -0.2) is 0 Å². The van der Waals surface area contributed by atoms with Crippen molar-refractivity contribution in [3.05, 3.63) is 23.1 Å². The van der Waals surface area contributed by atoms with Gasteiger partial charge in [0.15, 0.2) is 0 Å². The zero-order chi connectivity index (χ0) is 9.52. The highest BCUT2D eigenvalue weighted by atomic mass is 15.1. The summed E-state index contributed by atoms with van der Waals surface area (Å²) in [5.41, 5.74) is 8.43. The molecule has 1 saturated carbocycles. The first-order valence-electron chi connectivity index (χ1n) is 5.03. The van der Waals surface area contributed by atoms with Crippen LogP contribution in [-0.2, 0) is 0 Å². The van der Waals surface area contributed by atoms with Crippen LogP contribution in [0, 0.1) is 5.92 Å². The van der Waals surface area contributed by atoms with E-state index in [-0.39, 0.29) is 6.04 Å². The van der Waals surface area contributed by atoms with Crippen LogP contribution in [-0.4, -0.2) is 6.04 Å². The van der Waals surface area contributed by atoms with Crippen LogP contribution in [0.1, 0.15) is 38.5 Å². The Bertz CT molecular complexity index is 206. The van der Waals surface area contributed by atoms with Crippen molar-refractivity contribution < 1.29 is 0 Å². The molecule has 0 bridgehead atoms. The average Bonchev–Trinajstić information content (AvgIpc) is 2.33. The van der Waals surface area contributed by atoms with Gasteiger partial charge in [-0.15, -0.1) is 6.58 Å². The van der Waals surface area contributed by atoms with Gasteiger partial charge in [-0.1, -0.05) is 30.5 Å². The molecule has 0 radical (unpaired) electrons. The van der Waals surface area contributed by atoms with Gasteiger partial charge in [0.05, 0.1) is 0 Å². The molecule has 0 amide bonds. The van der Waals surface area contributed by atoms with E-state index in [0.29, 0.717) is 5.92 Å². The first kappa shape index (κ1) is 10.1. The van der Waals surface area contributed by atoms with Crippen molar-refractivity contribution in [1.82, 2.24) is 0 Å². The van der Waals surface area contributed by atoms with E-state index < -0.39 is 0 Å². The summed E-state index contributed by atoms with van der Waals surface area (Å²) in [5, 5.41) is 3.88. The third kappa shape index (κ3) is 3.11. The molecule has 0 aromatic rings. The number of nitrogens with zero attached hydrogens (tertiary/aromatic N) is 3. The normalized spacial score (nSPS) is 28.6. The van der Waals surface area contributed by atoms with Crippen molar-refractivity contribution in [2.75, 3.05) is 0 Å². The second-order valence-corrected chi connectivity index (χ2v) is 3.69. The Morgan fingerprint density at radius 3 is 2.85 bits per heavy atom. The molecular formula is C10H17N3. The summed E-state index contributed by atoms with van der Waals surface area (Å²) in [6.45, 7) is 3.75. The maximum atomic E-state index is 8.43. The third-order valence-electron chi connectivity index (χ3n) is 2.79. The molecule has 13 heavy (non-hydrogen) atoms. The molecule has 3 heteroatoms. The van der Waals surface area contributed by atoms with Crippen molar-refractivity contribution in [2.45, 2.75) is 44.6 Å². The van der Waals surface area contributed by atoms with E-state index >= 15 is 0 Å². The molecule has 2 atom stereocenters. The molecule has 0 spiro atoms. The van der Waals surface area contributed by atoms with Gasteiger partial charge in [0.2, 0.25) is 0 Å². The minimum Gasteiger partial charge on any atom is -0.103 e. The molecule has 1 fully saturated rings. The van der Waals surface area contributed by atoms with E-state index in [1.807, 2.05) is 6.08 Å². The molecule has 3 nitrogen and oxygen atoms in total. The average molecular weight is 179 g/mol. The maximum Gasteiger partial charge on any atom is 0.0405 e. The number of rotatable bonds is 3. The largest absolute Gasteiger partial charge is 0.103 e. The smallest absolute Gasteiger partial charge is 0.0405 e. The van der Waals surface area contributed by atoms with E-state index in [9.17, 15) is 0 Å². The highest BCUT2D eigenvalue weighted by Crippen LogP contribution is 2.28. The predicted octanol–water partition coefficient (Wildman–Crippen LogP) is 3.82. The van der Waals surface area contributed by atoms with Crippen LogP contribution in [0.5, 0.6) is 0 Å². The fourth-order valence-corrected chi connectivity index (χ4v) is 2.07. The van der Waals surface area contributed by atoms with Gasteiger partial charge in [-0.2, -0.15) is 0 Å². The summed E-state index contributed by atoms with van der Waals surface area (Å²) >= 11 is 0. The molecule has 72 valence electrons. The van der Waals surface area contributed by atoms with Crippen LogP contribution >= 0.6 is 0 Å². The SMILES string of the molecule is C=CC[C@@H]1CCCCC[C@@H]1N=[N+]=[N-]. The van der Waals surface area contributed by atoms with Crippen LogP contribution < -0.4 is 0 Å². The molecular weight excluding hydrogens is 162 g/mol. The van der Waals surface area contributed by atoms with E-state index in [0.717, 1.165) is 12.8 Å². The van der Waals surface area contributed by atoms with Gasteiger partial charge in [-0.3, -0.25) is 0 Å². The quantitative estimate of drug-likeness (QED) is 0.208. The zero-order valence-electron chi connectivity index (χ0n) is 8.02. The summed E-state index contributed by atoms with van der Waals surface area (Å²) < 4.78 is 0. The maximum absolute atomic E-state index is 8.43. The number of allylic oxidation sites excluding steroid dienone is 1. The standard InChI is InChI=1S/C10H17N3/c1-2-6-9-7-4-3-5-8-10(9)12-13-11/h2,9-10H,1,3-8H2/t9-,10+/m1/s1. The molecule has 1 aliphatic carbocycles. The van der Waals surface area contributed by atoms with Crippen molar-refractivity contribution in [2.24, 2.45) is 11.0 Å². The Hall–Kier alpha value is -0.950. The Morgan fingerprint density at radius 1 is 1.38 bits per heavy atom. The number of hydrogen-bond acceptors (Lipinski definition) is 1. The Kier molecular flexibility index (Phi) is 4.41. The molecule has 0 aliphatic heterocycles. The topological polar surface area (TPSA) is 48.8 Å². The Labute approximate surface area is 79.5 Å². The predicted molar refractivity (Wildman–Crippen MR) is 54.3 cm³/mol. The molecule has 0 aromatic carbocycles. The van der Waals surface area contributed by atoms with Crippen molar-refractivity contribution in [1.29, 1.82) is 0 Å². The fraction of sp³-hybridized carbons (Fsp3) is 0.800. The Morgan fingerprint density at radius 2 is 2.15 bits per heavy atom. The second-order valence-electron chi connectivity index (χ2n) is 3.69. The summed E-state index contributed by atoms with van der Waals surface area (Å²) in [5.74, 6) is 0.538. The lowest BCUT2D eigenvalue weighted by Gasteiger charge is -2.18. The highest BCUT2D eigenvalue weighted by Gasteiger charge is 2.20. The molecule has 0 heterocycles. The van der Waals surface area contributed by atoms with Gasteiger partial charge in [-0.05, 0) is 30.7 Å². The summed E-state index contributed by atoms with van der Waals surface area (Å²) in [6.07, 6.45) is 8.94. The van der Waals surface area contributed by atoms with E-state index in [2.05, 4.69) is 16.6 Å².